The van der Waals surface area contributed by atoms with Crippen LogP contribution in [-0.2, 0) is 14.8 Å². The minimum absolute atomic E-state index is 0.0142. The van der Waals surface area contributed by atoms with E-state index >= 15 is 0 Å². The lowest BCUT2D eigenvalue weighted by Crippen LogP contribution is -2.30. The van der Waals surface area contributed by atoms with Gasteiger partial charge >= 0.3 is 0 Å². The summed E-state index contributed by atoms with van der Waals surface area (Å²) in [5.74, 6) is 0.302. The molecule has 1 amide bonds. The lowest BCUT2D eigenvalue weighted by Gasteiger charge is -2.16. The first-order valence-corrected chi connectivity index (χ1v) is 8.48. The number of ether oxygens (including phenoxy) is 1. The number of anilines is 1. The number of hydrogen-bond donors (Lipinski definition) is 2. The minimum Gasteiger partial charge on any atom is -0.481 e. The van der Waals surface area contributed by atoms with Gasteiger partial charge in [-0.3, -0.25) is 4.79 Å². The zero-order valence-electron chi connectivity index (χ0n) is 12.8. The normalized spacial score (nSPS) is 12.5. The Labute approximate surface area is 135 Å². The maximum absolute atomic E-state index is 12.1. The monoisotopic (exact) mass is 334 g/mol. The number of amides is 1. The van der Waals surface area contributed by atoms with Crippen molar-refractivity contribution in [1.82, 2.24) is 0 Å². The van der Waals surface area contributed by atoms with E-state index in [2.05, 4.69) is 5.32 Å². The van der Waals surface area contributed by atoms with E-state index < -0.39 is 16.1 Å². The van der Waals surface area contributed by atoms with E-state index in [4.69, 9.17) is 9.88 Å². The van der Waals surface area contributed by atoms with E-state index in [1.165, 1.54) is 24.3 Å². The van der Waals surface area contributed by atoms with Crippen molar-refractivity contribution in [3.63, 3.8) is 0 Å². The first-order chi connectivity index (χ1) is 10.8. The second-order valence-corrected chi connectivity index (χ2v) is 6.65. The first-order valence-electron chi connectivity index (χ1n) is 6.93. The van der Waals surface area contributed by atoms with Gasteiger partial charge in [-0.15, -0.1) is 0 Å². The topological polar surface area (TPSA) is 98.5 Å². The molecule has 3 N–H and O–H groups in total. The summed E-state index contributed by atoms with van der Waals surface area (Å²) < 4.78 is 28.0. The maximum Gasteiger partial charge on any atom is 0.265 e. The summed E-state index contributed by atoms with van der Waals surface area (Å²) in [4.78, 5) is 12.1. The van der Waals surface area contributed by atoms with Crippen LogP contribution in [0.25, 0.3) is 0 Å². The number of carbonyl (C=O) groups excluding carboxylic acids is 1. The molecule has 1 atom stereocenters. The smallest absolute Gasteiger partial charge is 0.265 e. The molecular weight excluding hydrogens is 316 g/mol. The molecule has 0 unspecified atom stereocenters. The molecule has 0 fully saturated rings. The van der Waals surface area contributed by atoms with E-state index in [1.54, 1.807) is 13.0 Å². The zero-order chi connectivity index (χ0) is 17.0. The summed E-state index contributed by atoms with van der Waals surface area (Å²) in [5.41, 5.74) is 1.40. The highest BCUT2D eigenvalue weighted by atomic mass is 32.2. The van der Waals surface area contributed by atoms with Crippen LogP contribution in [0.2, 0.25) is 0 Å². The lowest BCUT2D eigenvalue weighted by molar-refractivity contribution is -0.122. The Morgan fingerprint density at radius 2 is 1.74 bits per heavy atom. The molecule has 2 aromatic rings. The fourth-order valence-electron chi connectivity index (χ4n) is 1.90. The minimum atomic E-state index is -3.75. The summed E-state index contributed by atoms with van der Waals surface area (Å²) in [6.07, 6.45) is -0.700. The van der Waals surface area contributed by atoms with E-state index in [9.17, 15) is 13.2 Å². The van der Waals surface area contributed by atoms with Gasteiger partial charge in [0, 0.05) is 5.69 Å². The predicted octanol–water partition coefficient (Wildman–Crippen LogP) is 2.05. The predicted molar refractivity (Wildman–Crippen MR) is 87.7 cm³/mol. The van der Waals surface area contributed by atoms with Crippen LogP contribution in [0.1, 0.15) is 12.5 Å². The van der Waals surface area contributed by atoms with Crippen LogP contribution in [0.4, 0.5) is 5.69 Å². The third-order valence-electron chi connectivity index (χ3n) is 3.22. The second-order valence-electron chi connectivity index (χ2n) is 5.08. The van der Waals surface area contributed by atoms with E-state index in [0.717, 1.165) is 5.56 Å². The summed E-state index contributed by atoms with van der Waals surface area (Å²) in [6.45, 7) is 3.53. The van der Waals surface area contributed by atoms with Gasteiger partial charge in [0.15, 0.2) is 6.10 Å². The fraction of sp³-hybridized carbons (Fsp3) is 0.188. The quantitative estimate of drug-likeness (QED) is 0.874. The molecular formula is C16H18N2O4S. The van der Waals surface area contributed by atoms with Crippen molar-refractivity contribution in [2.45, 2.75) is 24.8 Å². The molecule has 0 saturated carbocycles. The van der Waals surface area contributed by atoms with Crippen molar-refractivity contribution < 1.29 is 17.9 Å². The van der Waals surface area contributed by atoms with E-state index in [-0.39, 0.29) is 10.8 Å². The number of carbonyl (C=O) groups is 1. The summed E-state index contributed by atoms with van der Waals surface area (Å²) in [5, 5.41) is 7.68. The molecule has 0 saturated heterocycles. The number of aryl methyl sites for hydroxylation is 1. The Morgan fingerprint density at radius 1 is 1.13 bits per heavy atom. The fourth-order valence-corrected chi connectivity index (χ4v) is 2.42. The Hall–Kier alpha value is -2.38. The van der Waals surface area contributed by atoms with Gasteiger partial charge in [0.05, 0.1) is 4.90 Å². The van der Waals surface area contributed by atoms with Crippen LogP contribution >= 0.6 is 0 Å². The molecule has 7 heteroatoms. The highest BCUT2D eigenvalue weighted by molar-refractivity contribution is 7.89. The number of sulfonamides is 1. The molecule has 0 aliphatic heterocycles. The van der Waals surface area contributed by atoms with Crippen molar-refractivity contribution in [2.24, 2.45) is 5.14 Å². The summed E-state index contributed by atoms with van der Waals surface area (Å²) >= 11 is 0. The zero-order valence-corrected chi connectivity index (χ0v) is 13.6. The van der Waals surface area contributed by atoms with Crippen LogP contribution in [0, 0.1) is 6.92 Å². The number of nitrogens with one attached hydrogen (secondary N) is 1. The highest BCUT2D eigenvalue weighted by Crippen LogP contribution is 2.19. The molecule has 0 radical (unpaired) electrons. The average molecular weight is 334 g/mol. The van der Waals surface area contributed by atoms with Crippen molar-refractivity contribution in [2.75, 3.05) is 5.32 Å². The second kappa shape index (κ2) is 6.80. The summed E-state index contributed by atoms with van der Waals surface area (Å²) in [7, 11) is -3.75. The van der Waals surface area contributed by atoms with Crippen molar-refractivity contribution in [1.29, 1.82) is 0 Å². The van der Waals surface area contributed by atoms with Gasteiger partial charge in [-0.1, -0.05) is 18.2 Å². The van der Waals surface area contributed by atoms with E-state index in [0.29, 0.717) is 11.4 Å². The van der Waals surface area contributed by atoms with Gasteiger partial charge in [0.2, 0.25) is 10.0 Å². The molecule has 0 heterocycles. The third-order valence-corrected chi connectivity index (χ3v) is 4.15. The molecule has 0 aliphatic carbocycles. The number of primary sulfonamides is 1. The Kier molecular flexibility index (Phi) is 5.02. The van der Waals surface area contributed by atoms with Crippen molar-refractivity contribution >= 4 is 21.6 Å². The van der Waals surface area contributed by atoms with Crippen LogP contribution in [0.3, 0.4) is 0 Å². The molecule has 0 aliphatic rings. The number of benzene rings is 2. The van der Waals surface area contributed by atoms with Crippen molar-refractivity contribution in [3.8, 4) is 5.75 Å². The first kappa shape index (κ1) is 17.0. The van der Waals surface area contributed by atoms with Crippen LogP contribution in [-0.4, -0.2) is 20.4 Å². The van der Waals surface area contributed by atoms with Gasteiger partial charge in [-0.25, -0.2) is 13.6 Å². The standard InChI is InChI=1S/C16H18N2O4S/c1-11-5-3-4-6-15(11)22-12(2)16(19)18-13-7-9-14(10-8-13)23(17,20)21/h3-10,12H,1-2H3,(H,18,19)(H2,17,20,21)/t12-/m1/s1. The van der Waals surface area contributed by atoms with Gasteiger partial charge in [0.1, 0.15) is 5.75 Å². The molecule has 23 heavy (non-hydrogen) atoms. The average Bonchev–Trinajstić information content (AvgIpc) is 2.49. The molecule has 0 bridgehead atoms. The molecule has 122 valence electrons. The van der Waals surface area contributed by atoms with Gasteiger partial charge in [0.25, 0.3) is 5.91 Å². The van der Waals surface area contributed by atoms with Crippen LogP contribution in [0.15, 0.2) is 53.4 Å². The largest absolute Gasteiger partial charge is 0.481 e. The van der Waals surface area contributed by atoms with Gasteiger partial charge < -0.3 is 10.1 Å². The van der Waals surface area contributed by atoms with Gasteiger partial charge in [-0.05, 0) is 49.7 Å². The molecule has 0 aromatic heterocycles. The lowest BCUT2D eigenvalue weighted by atomic mass is 10.2. The molecule has 2 rings (SSSR count). The third kappa shape index (κ3) is 4.54. The molecule has 2 aromatic carbocycles. The Bertz CT molecular complexity index is 801. The molecule has 6 nitrogen and oxygen atoms in total. The number of para-hydroxylation sites is 1. The number of rotatable bonds is 5. The number of hydrogen-bond acceptors (Lipinski definition) is 4. The van der Waals surface area contributed by atoms with Crippen LogP contribution < -0.4 is 15.2 Å². The summed E-state index contributed by atoms with van der Waals surface area (Å²) in [6, 6.07) is 13.0. The van der Waals surface area contributed by atoms with Gasteiger partial charge in [-0.2, -0.15) is 0 Å². The Morgan fingerprint density at radius 3 is 2.30 bits per heavy atom. The SMILES string of the molecule is Cc1ccccc1O[C@H](C)C(=O)Nc1ccc(S(N)(=O)=O)cc1. The maximum atomic E-state index is 12.1. The number of nitrogens with two attached hydrogens (primary N) is 1. The molecule has 0 spiro atoms. The van der Waals surface area contributed by atoms with E-state index in [1.807, 2.05) is 25.1 Å². The van der Waals surface area contributed by atoms with Crippen molar-refractivity contribution in [3.05, 3.63) is 54.1 Å². The highest BCUT2D eigenvalue weighted by Gasteiger charge is 2.16. The van der Waals surface area contributed by atoms with Crippen LogP contribution in [0.5, 0.6) is 5.75 Å². The Balaban J connectivity index is 2.02.